The maximum absolute atomic E-state index is 12.0. The lowest BCUT2D eigenvalue weighted by Crippen LogP contribution is -2.09. The summed E-state index contributed by atoms with van der Waals surface area (Å²) in [5.74, 6) is -0.114. The van der Waals surface area contributed by atoms with Crippen LogP contribution in [0.1, 0.15) is 10.4 Å². The van der Waals surface area contributed by atoms with E-state index in [9.17, 15) is 4.79 Å². The highest BCUT2D eigenvalue weighted by atomic mass is 32.1. The minimum absolute atomic E-state index is 0.114. The zero-order chi connectivity index (χ0) is 11.8. The lowest BCUT2D eigenvalue weighted by atomic mass is 10.2. The molecule has 3 aromatic rings. The molecule has 2 aromatic heterocycles. The van der Waals surface area contributed by atoms with Crippen LogP contribution in [0.2, 0.25) is 0 Å². The van der Waals surface area contributed by atoms with Crippen molar-refractivity contribution in [2.24, 2.45) is 0 Å². The first-order valence-electron chi connectivity index (χ1n) is 4.93. The Labute approximate surface area is 101 Å². The van der Waals surface area contributed by atoms with Gasteiger partial charge in [-0.15, -0.1) is 0 Å². The normalized spacial score (nSPS) is 10.8. The van der Waals surface area contributed by atoms with Crippen molar-refractivity contribution in [1.29, 1.82) is 0 Å². The lowest BCUT2D eigenvalue weighted by Gasteiger charge is -2.00. The third kappa shape index (κ3) is 1.68. The Balaban J connectivity index is 2.09. The molecule has 2 heterocycles. The summed E-state index contributed by atoms with van der Waals surface area (Å²) in [4.78, 5) is 20.0. The topological polar surface area (TPSA) is 73.8 Å². The number of nitrogens with two attached hydrogens (primary N) is 1. The minimum Gasteiger partial charge on any atom is -0.375 e. The van der Waals surface area contributed by atoms with E-state index < -0.39 is 0 Å². The Hall–Kier alpha value is -2.21. The highest BCUT2D eigenvalue weighted by molar-refractivity contribution is 7.22. The average Bonchev–Trinajstić information content (AvgIpc) is 2.94. The average molecular weight is 244 g/mol. The largest absolute Gasteiger partial charge is 0.375 e. The van der Waals surface area contributed by atoms with Crippen molar-refractivity contribution in [1.82, 2.24) is 14.5 Å². The Morgan fingerprint density at radius 2 is 2.29 bits per heavy atom. The molecule has 0 saturated heterocycles. The van der Waals surface area contributed by atoms with Crippen molar-refractivity contribution in [2.45, 2.75) is 0 Å². The van der Waals surface area contributed by atoms with Crippen molar-refractivity contribution >= 4 is 32.6 Å². The Kier molecular flexibility index (Phi) is 2.15. The zero-order valence-electron chi connectivity index (χ0n) is 8.70. The van der Waals surface area contributed by atoms with E-state index in [1.165, 1.54) is 22.2 Å². The molecule has 0 saturated carbocycles. The molecule has 0 radical (unpaired) electrons. The van der Waals surface area contributed by atoms with Gasteiger partial charge in [0.2, 0.25) is 0 Å². The van der Waals surface area contributed by atoms with E-state index in [4.69, 9.17) is 5.73 Å². The molecule has 0 spiro atoms. The van der Waals surface area contributed by atoms with E-state index >= 15 is 0 Å². The molecule has 0 amide bonds. The summed E-state index contributed by atoms with van der Waals surface area (Å²) in [5.41, 5.74) is 7.03. The maximum atomic E-state index is 12.0. The summed E-state index contributed by atoms with van der Waals surface area (Å²) in [6.07, 6.45) is 4.67. The molecule has 0 unspecified atom stereocenters. The van der Waals surface area contributed by atoms with Crippen LogP contribution in [0.15, 0.2) is 36.9 Å². The lowest BCUT2D eigenvalue weighted by molar-refractivity contribution is 0.0960. The number of rotatable bonds is 1. The molecule has 84 valence electrons. The first-order valence-corrected chi connectivity index (χ1v) is 5.74. The van der Waals surface area contributed by atoms with Crippen LogP contribution in [-0.4, -0.2) is 20.4 Å². The number of carbonyl (C=O) groups excluding carboxylic acids is 1. The summed E-state index contributed by atoms with van der Waals surface area (Å²) in [7, 11) is 0. The number of hydrogen-bond donors (Lipinski definition) is 1. The van der Waals surface area contributed by atoms with Gasteiger partial charge in [0, 0.05) is 18.0 Å². The fourth-order valence-corrected chi connectivity index (χ4v) is 2.38. The number of anilines is 1. The Bertz CT molecular complexity index is 687. The van der Waals surface area contributed by atoms with Gasteiger partial charge in [-0.3, -0.25) is 9.36 Å². The number of nitrogens with zero attached hydrogens (tertiary/aromatic N) is 3. The highest BCUT2D eigenvalue weighted by Gasteiger charge is 2.10. The zero-order valence-corrected chi connectivity index (χ0v) is 9.52. The number of benzene rings is 1. The molecule has 6 heteroatoms. The standard InChI is InChI=1S/C11H8N4OS/c12-11-14-8-2-1-7(5-9(8)17-11)10(16)15-4-3-13-6-15/h1-6H,(H2,12,14). The number of fused-ring (bicyclic) bond motifs is 1. The Morgan fingerprint density at radius 3 is 3.06 bits per heavy atom. The molecule has 5 nitrogen and oxygen atoms in total. The highest BCUT2D eigenvalue weighted by Crippen LogP contribution is 2.24. The molecule has 0 aliphatic carbocycles. The van der Waals surface area contributed by atoms with Crippen LogP contribution < -0.4 is 5.73 Å². The smallest absolute Gasteiger partial charge is 0.263 e. The van der Waals surface area contributed by atoms with Crippen molar-refractivity contribution < 1.29 is 4.79 Å². The molecular formula is C11H8N4OS. The van der Waals surface area contributed by atoms with Gasteiger partial charge in [-0.05, 0) is 18.2 Å². The van der Waals surface area contributed by atoms with Crippen LogP contribution in [-0.2, 0) is 0 Å². The van der Waals surface area contributed by atoms with E-state index in [2.05, 4.69) is 9.97 Å². The van der Waals surface area contributed by atoms with Gasteiger partial charge in [-0.1, -0.05) is 11.3 Å². The van der Waals surface area contributed by atoms with E-state index in [0.717, 1.165) is 10.2 Å². The summed E-state index contributed by atoms with van der Waals surface area (Å²) >= 11 is 1.37. The number of imidazole rings is 1. The number of hydrogen-bond acceptors (Lipinski definition) is 5. The predicted octanol–water partition coefficient (Wildman–Crippen LogP) is 1.76. The summed E-state index contributed by atoms with van der Waals surface area (Å²) in [6, 6.07) is 5.34. The van der Waals surface area contributed by atoms with Gasteiger partial charge in [0.05, 0.1) is 10.2 Å². The third-order valence-corrected chi connectivity index (χ3v) is 3.24. The van der Waals surface area contributed by atoms with Gasteiger partial charge >= 0.3 is 0 Å². The second-order valence-electron chi connectivity index (χ2n) is 3.51. The molecule has 0 aliphatic rings. The molecule has 17 heavy (non-hydrogen) atoms. The van der Waals surface area contributed by atoms with Crippen LogP contribution in [0.4, 0.5) is 5.13 Å². The van der Waals surface area contributed by atoms with Crippen LogP contribution in [0.25, 0.3) is 10.2 Å². The van der Waals surface area contributed by atoms with Crippen molar-refractivity contribution in [3.63, 3.8) is 0 Å². The van der Waals surface area contributed by atoms with Crippen molar-refractivity contribution in [2.75, 3.05) is 5.73 Å². The summed E-state index contributed by atoms with van der Waals surface area (Å²) in [5, 5.41) is 0.507. The number of carbonyl (C=O) groups is 1. The van der Waals surface area contributed by atoms with E-state index in [0.29, 0.717) is 10.7 Å². The van der Waals surface area contributed by atoms with Gasteiger partial charge in [0.1, 0.15) is 6.33 Å². The van der Waals surface area contributed by atoms with Gasteiger partial charge in [-0.2, -0.15) is 0 Å². The van der Waals surface area contributed by atoms with Crippen LogP contribution in [0, 0.1) is 0 Å². The second kappa shape index (κ2) is 3.67. The van der Waals surface area contributed by atoms with E-state index in [1.54, 1.807) is 30.6 Å². The summed E-state index contributed by atoms with van der Waals surface area (Å²) < 4.78 is 2.35. The fourth-order valence-electron chi connectivity index (χ4n) is 1.60. The molecule has 0 aliphatic heterocycles. The number of aromatic nitrogens is 3. The molecule has 0 bridgehead atoms. The SMILES string of the molecule is Nc1nc2ccc(C(=O)n3ccnc3)cc2s1. The maximum Gasteiger partial charge on any atom is 0.263 e. The third-order valence-electron chi connectivity index (χ3n) is 2.39. The first-order chi connectivity index (χ1) is 8.24. The molecule has 1 aromatic carbocycles. The fraction of sp³-hybridized carbons (Fsp3) is 0. The first kappa shape index (κ1) is 9.98. The van der Waals surface area contributed by atoms with Crippen molar-refractivity contribution in [3.05, 3.63) is 42.5 Å². The van der Waals surface area contributed by atoms with Gasteiger partial charge in [0.25, 0.3) is 5.91 Å². The molecule has 0 fully saturated rings. The summed E-state index contributed by atoms with van der Waals surface area (Å²) in [6.45, 7) is 0. The van der Waals surface area contributed by atoms with Gasteiger partial charge in [-0.25, -0.2) is 9.97 Å². The van der Waals surface area contributed by atoms with Crippen LogP contribution >= 0.6 is 11.3 Å². The quantitative estimate of drug-likeness (QED) is 0.708. The second-order valence-corrected chi connectivity index (χ2v) is 4.57. The molecule has 2 N–H and O–H groups in total. The van der Waals surface area contributed by atoms with Crippen LogP contribution in [0.5, 0.6) is 0 Å². The van der Waals surface area contributed by atoms with E-state index in [1.807, 2.05) is 0 Å². The Morgan fingerprint density at radius 1 is 1.41 bits per heavy atom. The molecular weight excluding hydrogens is 236 g/mol. The van der Waals surface area contributed by atoms with Gasteiger partial charge < -0.3 is 5.73 Å². The monoisotopic (exact) mass is 244 g/mol. The van der Waals surface area contributed by atoms with Crippen molar-refractivity contribution in [3.8, 4) is 0 Å². The number of thiazole rings is 1. The minimum atomic E-state index is -0.114. The van der Waals surface area contributed by atoms with E-state index in [-0.39, 0.29) is 5.91 Å². The number of nitrogen functional groups attached to an aromatic ring is 1. The van der Waals surface area contributed by atoms with Crippen LogP contribution in [0.3, 0.4) is 0 Å². The predicted molar refractivity (Wildman–Crippen MR) is 66.0 cm³/mol. The molecule has 0 atom stereocenters. The van der Waals surface area contributed by atoms with Gasteiger partial charge in [0.15, 0.2) is 5.13 Å². The molecule has 3 rings (SSSR count).